The van der Waals surface area contributed by atoms with Crippen LogP contribution in [0.3, 0.4) is 0 Å². The van der Waals surface area contributed by atoms with E-state index in [1.807, 2.05) is 0 Å². The molecule has 0 saturated carbocycles. The Morgan fingerprint density at radius 3 is 2.62 bits per heavy atom. The highest BCUT2D eigenvalue weighted by Crippen LogP contribution is 2.21. The largest absolute Gasteiger partial charge is 0.462 e. The first-order valence-electron chi connectivity index (χ1n) is 6.65. The SMILES string of the molecule is O=CCCCCCOC(=O)c1ccc2c(c1)C(=O)OC2=O. The molecule has 0 amide bonds. The van der Waals surface area contributed by atoms with E-state index in [0.717, 1.165) is 19.1 Å². The first-order chi connectivity index (χ1) is 10.1. The minimum Gasteiger partial charge on any atom is -0.462 e. The van der Waals surface area contributed by atoms with Gasteiger partial charge in [-0.15, -0.1) is 0 Å². The van der Waals surface area contributed by atoms with Gasteiger partial charge < -0.3 is 14.3 Å². The van der Waals surface area contributed by atoms with Crippen LogP contribution in [0.4, 0.5) is 0 Å². The van der Waals surface area contributed by atoms with E-state index in [2.05, 4.69) is 4.74 Å². The third kappa shape index (κ3) is 3.53. The fraction of sp³-hybridized carbons (Fsp3) is 0.333. The number of aldehydes is 1. The summed E-state index contributed by atoms with van der Waals surface area (Å²) in [7, 11) is 0. The first kappa shape index (κ1) is 14.9. The molecule has 1 heterocycles. The van der Waals surface area contributed by atoms with Gasteiger partial charge in [0.1, 0.15) is 6.29 Å². The van der Waals surface area contributed by atoms with Crippen molar-refractivity contribution >= 4 is 24.2 Å². The lowest BCUT2D eigenvalue weighted by Crippen LogP contribution is -2.08. The van der Waals surface area contributed by atoms with Crippen LogP contribution >= 0.6 is 0 Å². The quantitative estimate of drug-likeness (QED) is 0.330. The third-order valence-corrected chi connectivity index (χ3v) is 3.08. The number of cyclic esters (lactones) is 2. The van der Waals surface area contributed by atoms with Crippen LogP contribution in [0.2, 0.25) is 0 Å². The summed E-state index contributed by atoms with van der Waals surface area (Å²) >= 11 is 0. The van der Waals surface area contributed by atoms with E-state index in [4.69, 9.17) is 4.74 Å². The van der Waals surface area contributed by atoms with Crippen molar-refractivity contribution in [3.8, 4) is 0 Å². The lowest BCUT2D eigenvalue weighted by molar-refractivity contribution is -0.107. The molecule has 0 bridgehead atoms. The molecule has 6 nitrogen and oxygen atoms in total. The average molecular weight is 290 g/mol. The Kier molecular flexibility index (Phi) is 4.81. The van der Waals surface area contributed by atoms with Gasteiger partial charge in [-0.05, 0) is 37.5 Å². The van der Waals surface area contributed by atoms with Crippen molar-refractivity contribution in [1.29, 1.82) is 0 Å². The van der Waals surface area contributed by atoms with Gasteiger partial charge in [0.25, 0.3) is 0 Å². The molecule has 0 saturated heterocycles. The second-order valence-electron chi connectivity index (χ2n) is 4.59. The normalized spacial score (nSPS) is 12.8. The third-order valence-electron chi connectivity index (χ3n) is 3.08. The van der Waals surface area contributed by atoms with Crippen molar-refractivity contribution in [3.63, 3.8) is 0 Å². The molecule has 1 aromatic carbocycles. The predicted octanol–water partition coefficient (Wildman–Crippen LogP) is 1.91. The molecule has 110 valence electrons. The molecule has 0 atom stereocenters. The number of hydrogen-bond donors (Lipinski definition) is 0. The first-order valence-corrected chi connectivity index (χ1v) is 6.65. The molecule has 0 radical (unpaired) electrons. The molecular formula is C15H14O6. The number of fused-ring (bicyclic) bond motifs is 1. The predicted molar refractivity (Wildman–Crippen MR) is 71.0 cm³/mol. The molecule has 0 N–H and O–H groups in total. The molecule has 1 aromatic rings. The zero-order valence-corrected chi connectivity index (χ0v) is 11.3. The summed E-state index contributed by atoms with van der Waals surface area (Å²) < 4.78 is 9.51. The number of ether oxygens (including phenoxy) is 2. The molecule has 0 aromatic heterocycles. The van der Waals surface area contributed by atoms with Gasteiger partial charge in [-0.1, -0.05) is 0 Å². The molecule has 2 rings (SSSR count). The highest BCUT2D eigenvalue weighted by atomic mass is 16.6. The minimum atomic E-state index is -0.751. The standard InChI is InChI=1S/C15H14O6/c16-7-3-1-2-4-8-20-13(17)10-5-6-11-12(9-10)15(19)21-14(11)18/h5-7,9H,1-4,8H2. The highest BCUT2D eigenvalue weighted by molar-refractivity contribution is 6.15. The van der Waals surface area contributed by atoms with E-state index < -0.39 is 17.9 Å². The maximum atomic E-state index is 11.8. The monoisotopic (exact) mass is 290 g/mol. The van der Waals surface area contributed by atoms with Gasteiger partial charge >= 0.3 is 17.9 Å². The molecule has 0 spiro atoms. The molecule has 0 unspecified atom stereocenters. The zero-order valence-electron chi connectivity index (χ0n) is 11.3. The van der Waals surface area contributed by atoms with E-state index >= 15 is 0 Å². The van der Waals surface area contributed by atoms with Crippen molar-refractivity contribution in [2.75, 3.05) is 6.61 Å². The van der Waals surface area contributed by atoms with E-state index in [0.29, 0.717) is 12.8 Å². The van der Waals surface area contributed by atoms with Gasteiger partial charge in [0.15, 0.2) is 0 Å². The average Bonchev–Trinajstić information content (AvgIpc) is 2.77. The molecule has 0 aliphatic carbocycles. The topological polar surface area (TPSA) is 86.7 Å². The van der Waals surface area contributed by atoms with Crippen LogP contribution in [0.15, 0.2) is 18.2 Å². The van der Waals surface area contributed by atoms with Crippen LogP contribution in [0.25, 0.3) is 0 Å². The summed E-state index contributed by atoms with van der Waals surface area (Å²) in [6.07, 6.45) is 3.61. The summed E-state index contributed by atoms with van der Waals surface area (Å²) in [5.41, 5.74) is 0.444. The van der Waals surface area contributed by atoms with Crippen molar-refractivity contribution in [1.82, 2.24) is 0 Å². The Bertz CT molecular complexity index is 590. The Labute approximate surface area is 121 Å². The maximum absolute atomic E-state index is 11.8. The number of benzene rings is 1. The van der Waals surface area contributed by atoms with Crippen molar-refractivity contribution in [2.24, 2.45) is 0 Å². The maximum Gasteiger partial charge on any atom is 0.346 e. The van der Waals surface area contributed by atoms with Crippen molar-refractivity contribution < 1.29 is 28.7 Å². The second kappa shape index (κ2) is 6.78. The number of hydrogen-bond acceptors (Lipinski definition) is 6. The second-order valence-corrected chi connectivity index (χ2v) is 4.59. The van der Waals surface area contributed by atoms with Gasteiger partial charge in [-0.25, -0.2) is 14.4 Å². The van der Waals surface area contributed by atoms with E-state index in [1.54, 1.807) is 0 Å². The number of unbranched alkanes of at least 4 members (excludes halogenated alkanes) is 3. The van der Waals surface area contributed by atoms with Crippen LogP contribution < -0.4 is 0 Å². The number of carbonyl (C=O) groups is 4. The fourth-order valence-electron chi connectivity index (χ4n) is 1.97. The van der Waals surface area contributed by atoms with Crippen LogP contribution in [0.5, 0.6) is 0 Å². The van der Waals surface area contributed by atoms with Gasteiger partial charge in [0.2, 0.25) is 0 Å². The number of carbonyl (C=O) groups excluding carboxylic acids is 4. The Morgan fingerprint density at radius 1 is 1.10 bits per heavy atom. The van der Waals surface area contributed by atoms with E-state index in [1.165, 1.54) is 18.2 Å². The summed E-state index contributed by atoms with van der Waals surface area (Å²) in [4.78, 5) is 44.6. The summed E-state index contributed by atoms with van der Waals surface area (Å²) in [5, 5.41) is 0. The van der Waals surface area contributed by atoms with E-state index in [9.17, 15) is 19.2 Å². The Hall–Kier alpha value is -2.50. The minimum absolute atomic E-state index is 0.0837. The van der Waals surface area contributed by atoms with Crippen molar-refractivity contribution in [3.05, 3.63) is 34.9 Å². The number of rotatable bonds is 7. The summed E-state index contributed by atoms with van der Waals surface area (Å²) in [5.74, 6) is -2.01. The highest BCUT2D eigenvalue weighted by Gasteiger charge is 2.30. The lowest BCUT2D eigenvalue weighted by Gasteiger charge is -2.05. The fourth-order valence-corrected chi connectivity index (χ4v) is 1.97. The number of esters is 3. The summed E-state index contributed by atoms with van der Waals surface area (Å²) in [6, 6.07) is 4.11. The molecule has 21 heavy (non-hydrogen) atoms. The Balaban J connectivity index is 1.89. The van der Waals surface area contributed by atoms with E-state index in [-0.39, 0.29) is 23.3 Å². The molecule has 1 aliphatic rings. The van der Waals surface area contributed by atoms with Gasteiger partial charge in [-0.2, -0.15) is 0 Å². The molecule has 1 aliphatic heterocycles. The van der Waals surface area contributed by atoms with Crippen LogP contribution in [0.1, 0.15) is 56.8 Å². The van der Waals surface area contributed by atoms with Crippen LogP contribution in [-0.4, -0.2) is 30.8 Å². The molecule has 6 heteroatoms. The lowest BCUT2D eigenvalue weighted by atomic mass is 10.1. The van der Waals surface area contributed by atoms with Crippen LogP contribution in [-0.2, 0) is 14.3 Å². The molecular weight excluding hydrogens is 276 g/mol. The Morgan fingerprint density at radius 2 is 1.86 bits per heavy atom. The summed E-state index contributed by atoms with van der Waals surface area (Å²) in [6.45, 7) is 0.248. The van der Waals surface area contributed by atoms with Crippen LogP contribution in [0, 0.1) is 0 Å². The van der Waals surface area contributed by atoms with Gasteiger partial charge in [0.05, 0.1) is 23.3 Å². The van der Waals surface area contributed by atoms with Gasteiger partial charge in [0, 0.05) is 6.42 Å². The zero-order chi connectivity index (χ0) is 15.2. The van der Waals surface area contributed by atoms with Gasteiger partial charge in [-0.3, -0.25) is 0 Å². The molecule has 0 fully saturated rings. The van der Waals surface area contributed by atoms with Crippen molar-refractivity contribution in [2.45, 2.75) is 25.7 Å². The smallest absolute Gasteiger partial charge is 0.346 e.